The molecule has 2 saturated heterocycles. The van der Waals surface area contributed by atoms with E-state index in [2.05, 4.69) is 5.32 Å². The van der Waals surface area contributed by atoms with E-state index in [0.717, 1.165) is 17.0 Å². The molecule has 1 N–H and O–H groups in total. The van der Waals surface area contributed by atoms with Crippen molar-refractivity contribution >= 4 is 46.7 Å². The number of rotatable bonds is 6. The van der Waals surface area contributed by atoms with Crippen LogP contribution in [0.1, 0.15) is 6.92 Å². The molecule has 1 aromatic carbocycles. The molecule has 13 heteroatoms. The van der Waals surface area contributed by atoms with Gasteiger partial charge in [-0.25, -0.2) is 13.6 Å². The Morgan fingerprint density at radius 3 is 2.42 bits per heavy atom. The number of carbonyl (C=O) groups is 3. The van der Waals surface area contributed by atoms with Crippen LogP contribution in [0.5, 0.6) is 0 Å². The second-order valence-corrected chi connectivity index (χ2v) is 7.77. The highest BCUT2D eigenvalue weighted by Crippen LogP contribution is 2.31. The number of piperazine rings is 1. The summed E-state index contributed by atoms with van der Waals surface area (Å²) in [6.45, 7) is 1.94. The molecule has 1 aromatic rings. The van der Waals surface area contributed by atoms with E-state index in [4.69, 9.17) is 26.4 Å². The second kappa shape index (κ2) is 10.6. The Balaban J connectivity index is 1.63. The van der Waals surface area contributed by atoms with Crippen molar-refractivity contribution in [2.45, 2.75) is 13.0 Å². The van der Waals surface area contributed by atoms with Crippen molar-refractivity contribution in [1.82, 2.24) is 10.2 Å². The molecule has 2 aliphatic heterocycles. The first-order chi connectivity index (χ1) is 15.7. The first-order valence-electron chi connectivity index (χ1n) is 10.1. The Hall–Kier alpha value is -3.22. The molecule has 2 amide bonds. The molecule has 2 heterocycles. The lowest BCUT2D eigenvalue weighted by Crippen LogP contribution is -2.50. The summed E-state index contributed by atoms with van der Waals surface area (Å²) in [7, 11) is 1.40. The van der Waals surface area contributed by atoms with E-state index in [1.807, 2.05) is 0 Å². The quantitative estimate of drug-likeness (QED) is 0.467. The zero-order valence-corrected chi connectivity index (χ0v) is 19.0. The van der Waals surface area contributed by atoms with Crippen LogP contribution >= 0.6 is 12.2 Å². The van der Waals surface area contributed by atoms with E-state index in [1.165, 1.54) is 23.8 Å². The minimum atomic E-state index is -0.834. The summed E-state index contributed by atoms with van der Waals surface area (Å²) < 4.78 is 44.5. The fourth-order valence-electron chi connectivity index (χ4n) is 3.55. The van der Waals surface area contributed by atoms with E-state index in [0.29, 0.717) is 0 Å². The summed E-state index contributed by atoms with van der Waals surface area (Å²) in [6, 6.07) is 2.15. The van der Waals surface area contributed by atoms with E-state index < -0.39 is 29.8 Å². The highest BCUT2D eigenvalue weighted by Gasteiger charge is 2.34. The maximum absolute atomic E-state index is 14.9. The number of cyclic esters (lactones) is 1. The highest BCUT2D eigenvalue weighted by molar-refractivity contribution is 7.80. The SMILES string of the molecule is COC(=S)NCC1CN(c2cc(F)c(N3CCN(C(=O)COC(C)=O)CC3)c(F)c2)C(=O)O1. The molecule has 10 nitrogen and oxygen atoms in total. The monoisotopic (exact) mass is 486 g/mol. The zero-order valence-electron chi connectivity index (χ0n) is 18.1. The van der Waals surface area contributed by atoms with Gasteiger partial charge in [0, 0.05) is 45.2 Å². The van der Waals surface area contributed by atoms with Crippen molar-refractivity contribution in [3.63, 3.8) is 0 Å². The topological polar surface area (TPSA) is 101 Å². The number of nitrogens with one attached hydrogen (secondary N) is 1. The summed E-state index contributed by atoms with van der Waals surface area (Å²) in [5, 5.41) is 2.90. The third-order valence-electron chi connectivity index (χ3n) is 5.19. The van der Waals surface area contributed by atoms with Gasteiger partial charge in [-0.2, -0.15) is 0 Å². The number of nitrogens with zero attached hydrogens (tertiary/aromatic N) is 3. The molecule has 0 aromatic heterocycles. The summed E-state index contributed by atoms with van der Waals surface area (Å²) in [6.07, 6.45) is -1.30. The van der Waals surface area contributed by atoms with Crippen LogP contribution in [0.15, 0.2) is 12.1 Å². The molecular weight excluding hydrogens is 462 g/mol. The van der Waals surface area contributed by atoms with Crippen LogP contribution in [-0.2, 0) is 23.8 Å². The number of carbonyl (C=O) groups excluding carboxylic acids is 3. The van der Waals surface area contributed by atoms with Crippen molar-refractivity contribution in [3.05, 3.63) is 23.8 Å². The van der Waals surface area contributed by atoms with Gasteiger partial charge in [0.1, 0.15) is 11.8 Å². The van der Waals surface area contributed by atoms with Gasteiger partial charge in [0.15, 0.2) is 18.2 Å². The molecule has 1 unspecified atom stereocenters. The molecule has 0 bridgehead atoms. The van der Waals surface area contributed by atoms with Gasteiger partial charge >= 0.3 is 12.1 Å². The molecule has 0 aliphatic carbocycles. The summed E-state index contributed by atoms with van der Waals surface area (Å²) in [4.78, 5) is 39.2. The molecule has 0 radical (unpaired) electrons. The number of ether oxygens (including phenoxy) is 3. The van der Waals surface area contributed by atoms with E-state index in [9.17, 15) is 23.2 Å². The predicted octanol–water partition coefficient (Wildman–Crippen LogP) is 1.02. The van der Waals surface area contributed by atoms with Crippen LogP contribution in [0.25, 0.3) is 0 Å². The number of anilines is 2. The Labute approximate surface area is 194 Å². The van der Waals surface area contributed by atoms with Crippen molar-refractivity contribution < 1.29 is 37.4 Å². The second-order valence-electron chi connectivity index (χ2n) is 7.39. The average Bonchev–Trinajstić information content (AvgIpc) is 3.16. The lowest BCUT2D eigenvalue weighted by Gasteiger charge is -2.36. The molecule has 2 aliphatic rings. The predicted molar refractivity (Wildman–Crippen MR) is 117 cm³/mol. The number of hydrogen-bond acceptors (Lipinski definition) is 8. The van der Waals surface area contributed by atoms with Crippen LogP contribution in [-0.4, -0.2) is 87.1 Å². The fourth-order valence-corrected chi connectivity index (χ4v) is 3.64. The van der Waals surface area contributed by atoms with Crippen molar-refractivity contribution in [3.8, 4) is 0 Å². The average molecular weight is 486 g/mol. The van der Waals surface area contributed by atoms with Crippen LogP contribution in [0.4, 0.5) is 25.0 Å². The molecule has 3 rings (SSSR count). The summed E-state index contributed by atoms with van der Waals surface area (Å²) in [5.41, 5.74) is -0.201. The van der Waals surface area contributed by atoms with Gasteiger partial charge in [-0.3, -0.25) is 14.5 Å². The van der Waals surface area contributed by atoms with Gasteiger partial charge in [-0.1, -0.05) is 0 Å². The third kappa shape index (κ3) is 5.97. The molecule has 1 atom stereocenters. The molecule has 33 heavy (non-hydrogen) atoms. The van der Waals surface area contributed by atoms with Crippen LogP contribution in [0, 0.1) is 11.6 Å². The lowest BCUT2D eigenvalue weighted by atomic mass is 10.2. The molecule has 180 valence electrons. The van der Waals surface area contributed by atoms with Crippen LogP contribution in [0.3, 0.4) is 0 Å². The summed E-state index contributed by atoms with van der Waals surface area (Å²) in [5.74, 6) is -2.60. The number of halogens is 2. The number of amides is 2. The summed E-state index contributed by atoms with van der Waals surface area (Å²) >= 11 is 4.86. The standard InChI is InChI=1S/C20H24F2N4O6S/c1-12(27)31-11-17(28)24-3-5-25(6-4-24)18-15(21)7-13(8-16(18)22)26-10-14(32-20(26)29)9-23-19(33)30-2/h7-8,14H,3-6,9-11H2,1-2H3,(H,23,33). The number of thiocarbonyl (C=S) groups is 1. The van der Waals surface area contributed by atoms with Crippen molar-refractivity contribution in [2.75, 3.05) is 62.8 Å². The normalized spacial score (nSPS) is 18.1. The lowest BCUT2D eigenvalue weighted by molar-refractivity contribution is -0.150. The smallest absolute Gasteiger partial charge is 0.414 e. The Morgan fingerprint density at radius 2 is 1.85 bits per heavy atom. The van der Waals surface area contributed by atoms with Crippen molar-refractivity contribution in [1.29, 1.82) is 0 Å². The van der Waals surface area contributed by atoms with Gasteiger partial charge in [-0.05, 0) is 12.2 Å². The van der Waals surface area contributed by atoms with Crippen LogP contribution in [0.2, 0.25) is 0 Å². The van der Waals surface area contributed by atoms with E-state index in [-0.39, 0.29) is 68.3 Å². The van der Waals surface area contributed by atoms with Gasteiger partial charge in [0.25, 0.3) is 11.1 Å². The molecule has 2 fully saturated rings. The van der Waals surface area contributed by atoms with Gasteiger partial charge in [0.2, 0.25) is 0 Å². The number of hydrogen-bond donors (Lipinski definition) is 1. The number of esters is 1. The molecule has 0 spiro atoms. The van der Waals surface area contributed by atoms with Gasteiger partial charge in [-0.15, -0.1) is 0 Å². The fraction of sp³-hybridized carbons (Fsp3) is 0.500. The Morgan fingerprint density at radius 1 is 1.21 bits per heavy atom. The maximum Gasteiger partial charge on any atom is 0.414 e. The zero-order chi connectivity index (χ0) is 24.1. The van der Waals surface area contributed by atoms with Gasteiger partial charge < -0.3 is 29.3 Å². The Bertz CT molecular complexity index is 918. The first-order valence-corrected chi connectivity index (χ1v) is 10.6. The first kappa shape index (κ1) is 24.4. The number of methoxy groups -OCH3 is 1. The van der Waals surface area contributed by atoms with Crippen molar-refractivity contribution in [2.24, 2.45) is 0 Å². The number of benzene rings is 1. The van der Waals surface area contributed by atoms with Gasteiger partial charge in [0.05, 0.1) is 25.9 Å². The largest absolute Gasteiger partial charge is 0.474 e. The minimum absolute atomic E-state index is 0.0331. The van der Waals surface area contributed by atoms with E-state index in [1.54, 1.807) is 0 Å². The third-order valence-corrected chi connectivity index (χ3v) is 5.51. The Kier molecular flexibility index (Phi) is 7.84. The maximum atomic E-state index is 14.9. The van der Waals surface area contributed by atoms with E-state index >= 15 is 0 Å². The van der Waals surface area contributed by atoms with Crippen LogP contribution < -0.4 is 15.1 Å². The highest BCUT2D eigenvalue weighted by atomic mass is 32.1. The molecular formula is C20H24F2N4O6S. The molecule has 0 saturated carbocycles. The minimum Gasteiger partial charge on any atom is -0.474 e.